The third kappa shape index (κ3) is 5.36. The van der Waals surface area contributed by atoms with Gasteiger partial charge in [-0.1, -0.05) is 20.8 Å². The zero-order chi connectivity index (χ0) is 13.4. The number of amides is 1. The van der Waals surface area contributed by atoms with Crippen LogP contribution in [0.1, 0.15) is 46.5 Å². The van der Waals surface area contributed by atoms with Crippen LogP contribution in [0.4, 0.5) is 0 Å². The van der Waals surface area contributed by atoms with Gasteiger partial charge >= 0.3 is 0 Å². The standard InChI is InChI=1S/C14H29N3O/c1-4-12(5-2)16-14(18)11-17-9-7-13(8-10-17)15-6-3/h12-13,15H,4-11H2,1-3H3,(H,16,18). The van der Waals surface area contributed by atoms with Crippen molar-refractivity contribution in [1.82, 2.24) is 15.5 Å². The first-order valence-electron chi connectivity index (χ1n) is 7.44. The summed E-state index contributed by atoms with van der Waals surface area (Å²) >= 11 is 0. The fourth-order valence-corrected chi connectivity index (χ4v) is 2.55. The zero-order valence-electron chi connectivity index (χ0n) is 12.2. The number of nitrogens with zero attached hydrogens (tertiary/aromatic N) is 1. The highest BCUT2D eigenvalue weighted by atomic mass is 16.2. The summed E-state index contributed by atoms with van der Waals surface area (Å²) in [5.41, 5.74) is 0. The maximum atomic E-state index is 11.9. The number of rotatable bonds is 7. The van der Waals surface area contributed by atoms with Crippen molar-refractivity contribution in [2.75, 3.05) is 26.2 Å². The average Bonchev–Trinajstić information content (AvgIpc) is 2.38. The molecule has 1 aliphatic rings. The molecule has 1 rings (SSSR count). The molecule has 0 aromatic rings. The van der Waals surface area contributed by atoms with E-state index in [4.69, 9.17) is 0 Å². The number of carbonyl (C=O) groups is 1. The Labute approximate surface area is 111 Å². The van der Waals surface area contributed by atoms with Crippen LogP contribution in [-0.4, -0.2) is 49.1 Å². The second kappa shape index (κ2) is 8.48. The van der Waals surface area contributed by atoms with Crippen LogP contribution in [0.2, 0.25) is 0 Å². The fraction of sp³-hybridized carbons (Fsp3) is 0.929. The molecule has 1 amide bonds. The van der Waals surface area contributed by atoms with Crippen molar-refractivity contribution in [3.8, 4) is 0 Å². The van der Waals surface area contributed by atoms with Crippen LogP contribution in [0.25, 0.3) is 0 Å². The highest BCUT2D eigenvalue weighted by molar-refractivity contribution is 5.78. The summed E-state index contributed by atoms with van der Waals surface area (Å²) in [5.74, 6) is 0.186. The number of likely N-dealkylation sites (tertiary alicyclic amines) is 1. The van der Waals surface area contributed by atoms with Crippen LogP contribution in [0.15, 0.2) is 0 Å². The molecule has 0 unspecified atom stereocenters. The summed E-state index contributed by atoms with van der Waals surface area (Å²) in [4.78, 5) is 14.1. The minimum atomic E-state index is 0.186. The van der Waals surface area contributed by atoms with Gasteiger partial charge in [-0.2, -0.15) is 0 Å². The van der Waals surface area contributed by atoms with Gasteiger partial charge in [0.15, 0.2) is 0 Å². The third-order valence-corrected chi connectivity index (χ3v) is 3.80. The minimum absolute atomic E-state index is 0.186. The number of hydrogen-bond acceptors (Lipinski definition) is 3. The molecule has 4 heteroatoms. The summed E-state index contributed by atoms with van der Waals surface area (Å²) in [6.07, 6.45) is 4.35. The van der Waals surface area contributed by atoms with Gasteiger partial charge in [-0.05, 0) is 32.2 Å². The maximum absolute atomic E-state index is 11.9. The van der Waals surface area contributed by atoms with Crippen LogP contribution in [0.3, 0.4) is 0 Å². The molecule has 1 heterocycles. The molecular weight excluding hydrogens is 226 g/mol. The Morgan fingerprint density at radius 1 is 1.22 bits per heavy atom. The highest BCUT2D eigenvalue weighted by Crippen LogP contribution is 2.09. The number of carbonyl (C=O) groups excluding carboxylic acids is 1. The van der Waals surface area contributed by atoms with Crippen molar-refractivity contribution in [1.29, 1.82) is 0 Å². The third-order valence-electron chi connectivity index (χ3n) is 3.80. The summed E-state index contributed by atoms with van der Waals surface area (Å²) in [7, 11) is 0. The van der Waals surface area contributed by atoms with Crippen molar-refractivity contribution in [2.45, 2.75) is 58.5 Å². The lowest BCUT2D eigenvalue weighted by molar-refractivity contribution is -0.123. The largest absolute Gasteiger partial charge is 0.352 e. The van der Waals surface area contributed by atoms with Crippen LogP contribution in [-0.2, 0) is 4.79 Å². The van der Waals surface area contributed by atoms with Crippen LogP contribution in [0, 0.1) is 0 Å². The second-order valence-corrected chi connectivity index (χ2v) is 5.19. The molecule has 1 saturated heterocycles. The Balaban J connectivity index is 2.21. The smallest absolute Gasteiger partial charge is 0.234 e. The molecule has 2 N–H and O–H groups in total. The maximum Gasteiger partial charge on any atom is 0.234 e. The molecule has 0 spiro atoms. The molecule has 0 radical (unpaired) electrons. The Hall–Kier alpha value is -0.610. The first-order chi connectivity index (χ1) is 8.69. The van der Waals surface area contributed by atoms with E-state index < -0.39 is 0 Å². The molecule has 0 aliphatic carbocycles. The molecule has 0 aromatic heterocycles. The Bertz CT molecular complexity index is 233. The minimum Gasteiger partial charge on any atom is -0.352 e. The van der Waals surface area contributed by atoms with Gasteiger partial charge in [-0.3, -0.25) is 9.69 Å². The number of piperidine rings is 1. The van der Waals surface area contributed by atoms with Gasteiger partial charge < -0.3 is 10.6 Å². The van der Waals surface area contributed by atoms with E-state index in [2.05, 4.69) is 36.3 Å². The first kappa shape index (κ1) is 15.4. The van der Waals surface area contributed by atoms with Gasteiger partial charge in [0.25, 0.3) is 0 Å². The van der Waals surface area contributed by atoms with E-state index in [1.54, 1.807) is 0 Å². The predicted molar refractivity (Wildman–Crippen MR) is 75.7 cm³/mol. The lowest BCUT2D eigenvalue weighted by atomic mass is 10.1. The van der Waals surface area contributed by atoms with Crippen molar-refractivity contribution in [2.24, 2.45) is 0 Å². The molecule has 4 nitrogen and oxygen atoms in total. The SMILES string of the molecule is CCNC1CCN(CC(=O)NC(CC)CC)CC1. The van der Waals surface area contributed by atoms with Crippen molar-refractivity contribution in [3.05, 3.63) is 0 Å². The lowest BCUT2D eigenvalue weighted by Gasteiger charge is -2.32. The van der Waals surface area contributed by atoms with E-state index in [-0.39, 0.29) is 5.91 Å². The van der Waals surface area contributed by atoms with E-state index in [0.29, 0.717) is 18.6 Å². The van der Waals surface area contributed by atoms with Crippen LogP contribution < -0.4 is 10.6 Å². The summed E-state index contributed by atoms with van der Waals surface area (Å²) in [6.45, 7) is 10.1. The molecule has 0 saturated carbocycles. The molecule has 0 atom stereocenters. The number of nitrogens with one attached hydrogen (secondary N) is 2. The molecule has 106 valence electrons. The Morgan fingerprint density at radius 2 is 1.83 bits per heavy atom. The topological polar surface area (TPSA) is 44.4 Å². The average molecular weight is 255 g/mol. The van der Waals surface area contributed by atoms with Crippen molar-refractivity contribution >= 4 is 5.91 Å². The first-order valence-corrected chi connectivity index (χ1v) is 7.44. The molecular formula is C14H29N3O. The second-order valence-electron chi connectivity index (χ2n) is 5.19. The van der Waals surface area contributed by atoms with Gasteiger partial charge in [-0.15, -0.1) is 0 Å². The molecule has 0 aromatic carbocycles. The van der Waals surface area contributed by atoms with E-state index in [1.165, 1.54) is 0 Å². The van der Waals surface area contributed by atoms with Gasteiger partial charge in [0.2, 0.25) is 5.91 Å². The van der Waals surface area contributed by atoms with Gasteiger partial charge in [-0.25, -0.2) is 0 Å². The summed E-state index contributed by atoms with van der Waals surface area (Å²) < 4.78 is 0. The van der Waals surface area contributed by atoms with E-state index >= 15 is 0 Å². The van der Waals surface area contributed by atoms with Crippen molar-refractivity contribution < 1.29 is 4.79 Å². The van der Waals surface area contributed by atoms with Crippen molar-refractivity contribution in [3.63, 3.8) is 0 Å². The Morgan fingerprint density at radius 3 is 2.33 bits per heavy atom. The normalized spacial score (nSPS) is 18.2. The van der Waals surface area contributed by atoms with E-state index in [1.807, 2.05) is 0 Å². The lowest BCUT2D eigenvalue weighted by Crippen LogP contribution is -2.47. The summed E-state index contributed by atoms with van der Waals surface area (Å²) in [5, 5.41) is 6.59. The van der Waals surface area contributed by atoms with E-state index in [9.17, 15) is 4.79 Å². The van der Waals surface area contributed by atoms with Crippen LogP contribution >= 0.6 is 0 Å². The monoisotopic (exact) mass is 255 g/mol. The quantitative estimate of drug-likeness (QED) is 0.722. The fourth-order valence-electron chi connectivity index (χ4n) is 2.55. The highest BCUT2D eigenvalue weighted by Gasteiger charge is 2.20. The van der Waals surface area contributed by atoms with E-state index in [0.717, 1.165) is 45.3 Å². The van der Waals surface area contributed by atoms with Gasteiger partial charge in [0.1, 0.15) is 0 Å². The summed E-state index contributed by atoms with van der Waals surface area (Å²) in [6, 6.07) is 0.991. The predicted octanol–water partition coefficient (Wildman–Crippen LogP) is 1.37. The number of hydrogen-bond donors (Lipinski definition) is 2. The molecule has 1 aliphatic heterocycles. The zero-order valence-corrected chi connectivity index (χ0v) is 12.2. The van der Waals surface area contributed by atoms with Gasteiger partial charge in [0.05, 0.1) is 6.54 Å². The molecule has 1 fully saturated rings. The molecule has 18 heavy (non-hydrogen) atoms. The molecule has 0 bridgehead atoms. The van der Waals surface area contributed by atoms with Crippen LogP contribution in [0.5, 0.6) is 0 Å². The Kier molecular flexibility index (Phi) is 7.28. The van der Waals surface area contributed by atoms with Gasteiger partial charge in [0, 0.05) is 25.2 Å².